The van der Waals surface area contributed by atoms with Crippen molar-refractivity contribution in [2.45, 2.75) is 32.9 Å². The van der Waals surface area contributed by atoms with Gasteiger partial charge < -0.3 is 31.1 Å². The van der Waals surface area contributed by atoms with E-state index < -0.39 is 12.0 Å². The lowest BCUT2D eigenvalue weighted by Crippen LogP contribution is -2.32. The fourth-order valence-electron chi connectivity index (χ4n) is 2.94. The molecule has 0 fully saturated rings. The van der Waals surface area contributed by atoms with Crippen LogP contribution in [0.5, 0.6) is 0 Å². The Bertz CT molecular complexity index is 1010. The number of nitrogen functional groups attached to an aromatic ring is 1. The fourth-order valence-corrected chi connectivity index (χ4v) is 2.94. The molecule has 0 aliphatic carbocycles. The highest BCUT2D eigenvalue weighted by molar-refractivity contribution is 6.06. The number of carbonyl (C=O) groups excluding carboxylic acids is 1. The van der Waals surface area contributed by atoms with Gasteiger partial charge in [0.2, 0.25) is 0 Å². The first-order valence-corrected chi connectivity index (χ1v) is 9.10. The Hall–Kier alpha value is -3.40. The van der Waals surface area contributed by atoms with Crippen LogP contribution in [0.25, 0.3) is 21.9 Å². The van der Waals surface area contributed by atoms with E-state index in [0.717, 1.165) is 29.8 Å². The molecule has 3 aromatic rings. The zero-order valence-electron chi connectivity index (χ0n) is 16.5. The number of nitrogens with zero attached hydrogens (tertiary/aromatic N) is 4. The van der Waals surface area contributed by atoms with E-state index in [1.807, 2.05) is 28.8 Å². The summed E-state index contributed by atoms with van der Waals surface area (Å²) in [6.07, 6.45) is 1.47. The van der Waals surface area contributed by atoms with Crippen molar-refractivity contribution in [3.05, 3.63) is 30.1 Å². The van der Waals surface area contributed by atoms with Crippen LogP contribution in [0, 0.1) is 0 Å². The number of benzene rings is 1. The lowest BCUT2D eigenvalue weighted by atomic mass is 10.2. The molecule has 3 rings (SSSR count). The van der Waals surface area contributed by atoms with Crippen molar-refractivity contribution in [1.29, 1.82) is 0 Å². The van der Waals surface area contributed by atoms with Crippen molar-refractivity contribution < 1.29 is 19.8 Å². The molecule has 0 bridgehead atoms. The van der Waals surface area contributed by atoms with Gasteiger partial charge in [0.05, 0.1) is 17.6 Å². The number of para-hydroxylation sites is 1. The lowest BCUT2D eigenvalue weighted by molar-refractivity contribution is -0.134. The molecule has 156 valence electrons. The predicted molar refractivity (Wildman–Crippen MR) is 110 cm³/mol. The minimum absolute atomic E-state index is 0.133. The van der Waals surface area contributed by atoms with Gasteiger partial charge >= 0.3 is 6.03 Å². The van der Waals surface area contributed by atoms with E-state index in [-0.39, 0.29) is 13.2 Å². The van der Waals surface area contributed by atoms with E-state index in [1.165, 1.54) is 4.90 Å². The van der Waals surface area contributed by atoms with E-state index in [4.69, 9.17) is 26.5 Å². The van der Waals surface area contributed by atoms with E-state index in [0.29, 0.717) is 30.1 Å². The maximum Gasteiger partial charge on any atom is 0.314 e. The van der Waals surface area contributed by atoms with Gasteiger partial charge in [0.15, 0.2) is 5.82 Å². The minimum atomic E-state index is -0.833. The van der Waals surface area contributed by atoms with Crippen molar-refractivity contribution in [2.24, 2.45) is 5.73 Å². The molecule has 0 aliphatic rings. The van der Waals surface area contributed by atoms with Gasteiger partial charge in [0, 0.05) is 32.5 Å². The highest BCUT2D eigenvalue weighted by atomic mass is 16.4. The molecular formula is C19H26N6O4. The van der Waals surface area contributed by atoms with Crippen LogP contribution < -0.4 is 11.5 Å². The number of imidazole rings is 1. The summed E-state index contributed by atoms with van der Waals surface area (Å²) in [7, 11) is 1.62. The number of urea groups is 1. The summed E-state index contributed by atoms with van der Waals surface area (Å²) in [6.45, 7) is 2.15. The van der Waals surface area contributed by atoms with E-state index in [9.17, 15) is 4.79 Å². The van der Waals surface area contributed by atoms with Crippen molar-refractivity contribution in [3.63, 3.8) is 0 Å². The average molecular weight is 402 g/mol. The molecule has 2 amide bonds. The standard InChI is InChI=1S/C17H22N6O2.C2H4O2/c1-22(17(19)25)10-13-21-14-15(23(13)8-4-5-9-24)11-6-2-3-7-12(11)20-16(14)18;1-2(3)4/h2-3,6-7,24H,4-5,8-10H2,1H3,(H2,18,20)(H2,19,25);1H3,(H,3,4). The highest BCUT2D eigenvalue weighted by Gasteiger charge is 2.18. The maximum atomic E-state index is 11.4. The number of carboxylic acids is 1. The third kappa shape index (κ3) is 5.32. The number of carbonyl (C=O) groups is 2. The van der Waals surface area contributed by atoms with Crippen LogP contribution in [0.3, 0.4) is 0 Å². The first-order valence-electron chi connectivity index (χ1n) is 9.10. The summed E-state index contributed by atoms with van der Waals surface area (Å²) >= 11 is 0. The molecule has 1 aromatic carbocycles. The van der Waals surface area contributed by atoms with Crippen LogP contribution >= 0.6 is 0 Å². The molecule has 0 saturated carbocycles. The van der Waals surface area contributed by atoms with Crippen LogP contribution in [0.2, 0.25) is 0 Å². The summed E-state index contributed by atoms with van der Waals surface area (Å²) in [4.78, 5) is 30.9. The van der Waals surface area contributed by atoms with Crippen LogP contribution in [-0.4, -0.2) is 55.3 Å². The van der Waals surface area contributed by atoms with Gasteiger partial charge in [-0.25, -0.2) is 14.8 Å². The number of primary amides is 1. The average Bonchev–Trinajstić information content (AvgIpc) is 3.01. The number of carboxylic acid groups (broad SMARTS) is 1. The number of hydrogen-bond acceptors (Lipinski definition) is 6. The number of nitrogens with two attached hydrogens (primary N) is 2. The van der Waals surface area contributed by atoms with Gasteiger partial charge in [-0.1, -0.05) is 18.2 Å². The molecule has 0 spiro atoms. The van der Waals surface area contributed by atoms with E-state index in [1.54, 1.807) is 7.05 Å². The quantitative estimate of drug-likeness (QED) is 0.455. The SMILES string of the molecule is CC(=O)O.CN(Cc1nc2c(N)nc3ccccc3c2n1CCCCO)C(N)=O. The van der Waals surface area contributed by atoms with Gasteiger partial charge in [-0.2, -0.15) is 0 Å². The lowest BCUT2D eigenvalue weighted by Gasteiger charge is -2.16. The second kappa shape index (κ2) is 9.69. The second-order valence-electron chi connectivity index (χ2n) is 6.54. The molecule has 0 aliphatic heterocycles. The normalized spacial score (nSPS) is 10.6. The van der Waals surface area contributed by atoms with E-state index in [2.05, 4.69) is 9.97 Å². The van der Waals surface area contributed by atoms with Crippen LogP contribution in [0.4, 0.5) is 10.6 Å². The van der Waals surface area contributed by atoms with Crippen molar-refractivity contribution in [3.8, 4) is 0 Å². The number of aromatic nitrogens is 3. The van der Waals surface area contributed by atoms with Gasteiger partial charge in [-0.15, -0.1) is 0 Å². The zero-order chi connectivity index (χ0) is 21.6. The zero-order valence-corrected chi connectivity index (χ0v) is 16.5. The number of aliphatic hydroxyl groups excluding tert-OH is 1. The molecule has 2 heterocycles. The molecule has 29 heavy (non-hydrogen) atoms. The Morgan fingerprint density at radius 2 is 1.86 bits per heavy atom. The Kier molecular flexibility index (Phi) is 7.32. The number of aliphatic hydroxyl groups is 1. The third-order valence-corrected chi connectivity index (χ3v) is 4.23. The molecule has 0 saturated heterocycles. The first kappa shape index (κ1) is 21.9. The molecule has 10 nitrogen and oxygen atoms in total. The topological polar surface area (TPSA) is 161 Å². The fraction of sp³-hybridized carbons (Fsp3) is 0.368. The van der Waals surface area contributed by atoms with Gasteiger partial charge in [-0.3, -0.25) is 4.79 Å². The van der Waals surface area contributed by atoms with Gasteiger partial charge in [0.25, 0.3) is 5.97 Å². The summed E-state index contributed by atoms with van der Waals surface area (Å²) < 4.78 is 2.05. The molecule has 2 aromatic heterocycles. The molecular weight excluding hydrogens is 376 g/mol. The smallest absolute Gasteiger partial charge is 0.314 e. The summed E-state index contributed by atoms with van der Waals surface area (Å²) in [5.41, 5.74) is 13.8. The number of aryl methyl sites for hydroxylation is 1. The van der Waals surface area contributed by atoms with Crippen molar-refractivity contribution >= 4 is 39.8 Å². The third-order valence-electron chi connectivity index (χ3n) is 4.23. The summed E-state index contributed by atoms with van der Waals surface area (Å²) in [5, 5.41) is 17.5. The summed E-state index contributed by atoms with van der Waals surface area (Å²) in [5.74, 6) is 0.219. The monoisotopic (exact) mass is 402 g/mol. The highest BCUT2D eigenvalue weighted by Crippen LogP contribution is 2.29. The Morgan fingerprint density at radius 1 is 1.21 bits per heavy atom. The largest absolute Gasteiger partial charge is 0.481 e. The second-order valence-corrected chi connectivity index (χ2v) is 6.54. The van der Waals surface area contributed by atoms with Crippen LogP contribution in [-0.2, 0) is 17.9 Å². The van der Waals surface area contributed by atoms with Crippen LogP contribution in [0.15, 0.2) is 24.3 Å². The molecule has 6 N–H and O–H groups in total. The number of fused-ring (bicyclic) bond motifs is 3. The van der Waals surface area contributed by atoms with Gasteiger partial charge in [-0.05, 0) is 18.9 Å². The number of anilines is 1. The van der Waals surface area contributed by atoms with Gasteiger partial charge in [0.1, 0.15) is 11.3 Å². The van der Waals surface area contributed by atoms with Crippen molar-refractivity contribution in [2.75, 3.05) is 19.4 Å². The maximum absolute atomic E-state index is 11.4. The van der Waals surface area contributed by atoms with Crippen molar-refractivity contribution in [1.82, 2.24) is 19.4 Å². The van der Waals surface area contributed by atoms with E-state index >= 15 is 0 Å². The number of amides is 2. The minimum Gasteiger partial charge on any atom is -0.481 e. The number of unbranched alkanes of at least 4 members (excludes halogenated alkanes) is 1. The number of pyridine rings is 1. The number of aliphatic carboxylic acids is 1. The molecule has 0 atom stereocenters. The van der Waals surface area contributed by atoms with Crippen LogP contribution in [0.1, 0.15) is 25.6 Å². The number of rotatable bonds is 6. The molecule has 10 heteroatoms. The Labute approximate surface area is 167 Å². The molecule has 0 radical (unpaired) electrons. The molecule has 0 unspecified atom stereocenters. The Balaban J connectivity index is 0.000000687. The first-order chi connectivity index (χ1) is 13.8. The number of hydrogen-bond donors (Lipinski definition) is 4. The predicted octanol–water partition coefficient (Wildman–Crippen LogP) is 1.54. The summed E-state index contributed by atoms with van der Waals surface area (Å²) in [6, 6.07) is 7.22. The Morgan fingerprint density at radius 3 is 2.48 bits per heavy atom.